The molecule has 3 aromatic rings. The molecule has 0 aliphatic carbocycles. The highest BCUT2D eigenvalue weighted by atomic mass is 35.5. The number of fused-ring (bicyclic) bond motifs is 1. The normalized spacial score (nSPS) is 12.6. The van der Waals surface area contributed by atoms with Crippen molar-refractivity contribution in [2.24, 2.45) is 0 Å². The summed E-state index contributed by atoms with van der Waals surface area (Å²) in [5.41, 5.74) is 0.0321. The van der Waals surface area contributed by atoms with E-state index >= 15 is 0 Å². The Morgan fingerprint density at radius 2 is 1.84 bits per heavy atom. The van der Waals surface area contributed by atoms with Gasteiger partial charge in [-0.15, -0.1) is 0 Å². The zero-order valence-corrected chi connectivity index (χ0v) is 18.6. The van der Waals surface area contributed by atoms with Gasteiger partial charge in [0.05, 0.1) is 33.9 Å². The number of hydrogen-bond donors (Lipinski definition) is 2. The topological polar surface area (TPSA) is 71.5 Å². The van der Waals surface area contributed by atoms with Crippen LogP contribution in [0.5, 0.6) is 5.75 Å². The Labute approximate surface area is 192 Å². The standard InChI is InChI=1S/C22H19Cl2F3N2O3/c1-11(5-6-30)28-21(31)12-3-4-14-17(7-12)29-18(10-19(14)32-2)20-15(23)8-13(9-16(20)24)22(25,26)27/h3-4,7-11,30H,5-6H2,1-2H3,(H,28,31)/t11-/m1/s1. The summed E-state index contributed by atoms with van der Waals surface area (Å²) >= 11 is 12.3. The Kier molecular flexibility index (Phi) is 7.17. The van der Waals surface area contributed by atoms with E-state index in [9.17, 15) is 18.0 Å². The fraction of sp³-hybridized carbons (Fsp3) is 0.273. The molecule has 3 rings (SSSR count). The number of methoxy groups -OCH3 is 1. The minimum absolute atomic E-state index is 0.0596. The number of halogens is 5. The quantitative estimate of drug-likeness (QED) is 0.466. The van der Waals surface area contributed by atoms with E-state index in [1.807, 2.05) is 0 Å². The molecule has 5 nitrogen and oxygen atoms in total. The number of benzene rings is 2. The number of aromatic nitrogens is 1. The number of nitrogens with one attached hydrogen (secondary N) is 1. The van der Waals surface area contributed by atoms with Crippen molar-refractivity contribution in [1.82, 2.24) is 10.3 Å². The molecule has 0 aliphatic rings. The molecule has 0 unspecified atom stereocenters. The number of nitrogens with zero attached hydrogens (tertiary/aromatic N) is 1. The largest absolute Gasteiger partial charge is 0.496 e. The predicted molar refractivity (Wildman–Crippen MR) is 117 cm³/mol. The van der Waals surface area contributed by atoms with Gasteiger partial charge in [-0.05, 0) is 43.7 Å². The molecule has 0 spiro atoms. The fourth-order valence-electron chi connectivity index (χ4n) is 3.19. The van der Waals surface area contributed by atoms with E-state index in [4.69, 9.17) is 33.0 Å². The summed E-state index contributed by atoms with van der Waals surface area (Å²) in [5.74, 6) is 0.0299. The molecule has 1 atom stereocenters. The van der Waals surface area contributed by atoms with Gasteiger partial charge in [0.15, 0.2) is 0 Å². The minimum Gasteiger partial charge on any atom is -0.496 e. The van der Waals surface area contributed by atoms with Crippen molar-refractivity contribution in [3.8, 4) is 17.0 Å². The van der Waals surface area contributed by atoms with Crippen LogP contribution in [0.1, 0.15) is 29.3 Å². The minimum atomic E-state index is -4.60. The smallest absolute Gasteiger partial charge is 0.416 e. The highest BCUT2D eigenvalue weighted by Gasteiger charge is 2.32. The van der Waals surface area contributed by atoms with Crippen molar-refractivity contribution in [2.75, 3.05) is 13.7 Å². The molecule has 2 N–H and O–H groups in total. The first-order valence-electron chi connectivity index (χ1n) is 9.52. The number of carbonyl (C=O) groups is 1. The summed E-state index contributed by atoms with van der Waals surface area (Å²) in [6.45, 7) is 1.71. The molecule has 0 saturated carbocycles. The number of amides is 1. The van der Waals surface area contributed by atoms with Gasteiger partial charge in [0.2, 0.25) is 0 Å². The van der Waals surface area contributed by atoms with Crippen LogP contribution in [0, 0.1) is 0 Å². The zero-order valence-electron chi connectivity index (χ0n) is 17.1. The van der Waals surface area contributed by atoms with Crippen molar-refractivity contribution in [3.63, 3.8) is 0 Å². The average Bonchev–Trinajstić information content (AvgIpc) is 2.71. The lowest BCUT2D eigenvalue weighted by molar-refractivity contribution is -0.137. The first-order chi connectivity index (χ1) is 15.0. The van der Waals surface area contributed by atoms with Gasteiger partial charge in [0.25, 0.3) is 5.91 Å². The molecule has 0 radical (unpaired) electrons. The van der Waals surface area contributed by atoms with Gasteiger partial charge in [0, 0.05) is 35.2 Å². The summed E-state index contributed by atoms with van der Waals surface area (Å²) in [6, 6.07) is 7.65. The number of aliphatic hydroxyl groups excluding tert-OH is 1. The molecule has 1 amide bonds. The first kappa shape index (κ1) is 24.1. The Morgan fingerprint density at radius 3 is 2.41 bits per heavy atom. The average molecular weight is 487 g/mol. The third-order valence-corrected chi connectivity index (χ3v) is 5.42. The van der Waals surface area contributed by atoms with Crippen molar-refractivity contribution in [3.05, 3.63) is 57.6 Å². The summed E-state index contributed by atoms with van der Waals surface area (Å²) in [6.07, 6.45) is -4.20. The molecule has 32 heavy (non-hydrogen) atoms. The number of pyridine rings is 1. The number of alkyl halides is 3. The van der Waals surface area contributed by atoms with E-state index in [1.165, 1.54) is 19.2 Å². The summed E-state index contributed by atoms with van der Waals surface area (Å²) < 4.78 is 44.6. The first-order valence-corrected chi connectivity index (χ1v) is 10.3. The Bertz CT molecular complexity index is 1150. The van der Waals surface area contributed by atoms with Crippen LogP contribution in [0.4, 0.5) is 13.2 Å². The van der Waals surface area contributed by atoms with Gasteiger partial charge in [-0.1, -0.05) is 23.2 Å². The highest BCUT2D eigenvalue weighted by Crippen LogP contribution is 2.41. The Hall–Kier alpha value is -2.55. The molecule has 0 aliphatic heterocycles. The number of carbonyl (C=O) groups excluding carboxylic acids is 1. The van der Waals surface area contributed by atoms with Crippen LogP contribution < -0.4 is 10.1 Å². The maximum atomic E-state index is 13.1. The van der Waals surface area contributed by atoms with Gasteiger partial charge < -0.3 is 15.2 Å². The van der Waals surface area contributed by atoms with E-state index in [0.717, 1.165) is 12.1 Å². The molecule has 0 saturated heterocycles. The summed E-state index contributed by atoms with van der Waals surface area (Å²) in [4.78, 5) is 17.0. The summed E-state index contributed by atoms with van der Waals surface area (Å²) in [5, 5.41) is 11.9. The third-order valence-electron chi connectivity index (χ3n) is 4.82. The third kappa shape index (κ3) is 5.09. The van der Waals surface area contributed by atoms with Crippen molar-refractivity contribution in [1.29, 1.82) is 0 Å². The highest BCUT2D eigenvalue weighted by molar-refractivity contribution is 6.39. The van der Waals surface area contributed by atoms with Crippen molar-refractivity contribution in [2.45, 2.75) is 25.6 Å². The van der Waals surface area contributed by atoms with Crippen molar-refractivity contribution < 1.29 is 27.8 Å². The lowest BCUT2D eigenvalue weighted by Gasteiger charge is -2.15. The zero-order chi connectivity index (χ0) is 23.6. The predicted octanol–water partition coefficient (Wildman–Crippen LogP) is 5.74. The van der Waals surface area contributed by atoms with Crippen LogP contribution >= 0.6 is 23.2 Å². The molecule has 0 bridgehead atoms. The van der Waals surface area contributed by atoms with E-state index in [-0.39, 0.29) is 39.9 Å². The monoisotopic (exact) mass is 486 g/mol. The van der Waals surface area contributed by atoms with E-state index in [1.54, 1.807) is 19.1 Å². The van der Waals surface area contributed by atoms with Crippen LogP contribution in [-0.2, 0) is 6.18 Å². The van der Waals surface area contributed by atoms with Crippen LogP contribution in [-0.4, -0.2) is 35.8 Å². The van der Waals surface area contributed by atoms with Crippen LogP contribution in [0.25, 0.3) is 22.2 Å². The number of ether oxygens (including phenoxy) is 1. The molecule has 10 heteroatoms. The van der Waals surface area contributed by atoms with Crippen molar-refractivity contribution >= 4 is 40.0 Å². The fourth-order valence-corrected chi connectivity index (χ4v) is 3.87. The maximum Gasteiger partial charge on any atom is 0.416 e. The second-order valence-electron chi connectivity index (χ2n) is 7.14. The molecule has 1 heterocycles. The van der Waals surface area contributed by atoms with Gasteiger partial charge in [-0.25, -0.2) is 4.98 Å². The number of rotatable bonds is 6. The number of aliphatic hydroxyl groups is 1. The van der Waals surface area contributed by atoms with E-state index in [0.29, 0.717) is 28.6 Å². The molecule has 2 aromatic carbocycles. The molecular formula is C22H19Cl2F3N2O3. The maximum absolute atomic E-state index is 13.1. The molecule has 170 valence electrons. The summed E-state index contributed by atoms with van der Waals surface area (Å²) in [7, 11) is 1.44. The van der Waals surface area contributed by atoms with Gasteiger partial charge in [0.1, 0.15) is 5.75 Å². The lowest BCUT2D eigenvalue weighted by Crippen LogP contribution is -2.33. The Balaban J connectivity index is 2.11. The Morgan fingerprint density at radius 1 is 1.19 bits per heavy atom. The molecule has 1 aromatic heterocycles. The number of hydrogen-bond acceptors (Lipinski definition) is 4. The van der Waals surface area contributed by atoms with E-state index in [2.05, 4.69) is 10.3 Å². The molecular weight excluding hydrogens is 468 g/mol. The second kappa shape index (κ2) is 9.52. The van der Waals surface area contributed by atoms with E-state index < -0.39 is 11.7 Å². The molecule has 0 fully saturated rings. The van der Waals surface area contributed by atoms with Crippen LogP contribution in [0.3, 0.4) is 0 Å². The SMILES string of the molecule is COc1cc(-c2c(Cl)cc(C(F)(F)F)cc2Cl)nc2cc(C(=O)N[C@H](C)CCO)ccc12. The second-order valence-corrected chi connectivity index (χ2v) is 7.96. The van der Waals surface area contributed by atoms with Crippen LogP contribution in [0.15, 0.2) is 36.4 Å². The van der Waals surface area contributed by atoms with Crippen LogP contribution in [0.2, 0.25) is 10.0 Å². The lowest BCUT2D eigenvalue weighted by atomic mass is 10.0. The van der Waals surface area contributed by atoms with Gasteiger partial charge >= 0.3 is 6.18 Å². The van der Waals surface area contributed by atoms with Gasteiger partial charge in [-0.3, -0.25) is 4.79 Å². The van der Waals surface area contributed by atoms with Gasteiger partial charge in [-0.2, -0.15) is 13.2 Å².